The van der Waals surface area contributed by atoms with Crippen LogP contribution in [0.5, 0.6) is 11.5 Å². The van der Waals surface area contributed by atoms with Crippen molar-refractivity contribution in [3.8, 4) is 22.6 Å². The number of nitrogens with zero attached hydrogens (tertiary/aromatic N) is 2. The Morgan fingerprint density at radius 3 is 2.39 bits per heavy atom. The summed E-state index contributed by atoms with van der Waals surface area (Å²) in [4.78, 5) is 30.1. The first-order valence-corrected chi connectivity index (χ1v) is 12.7. The maximum Gasteiger partial charge on any atom is 0.289 e. The molecule has 4 heterocycles. The zero-order valence-electron chi connectivity index (χ0n) is 18.5. The van der Waals surface area contributed by atoms with Gasteiger partial charge in [0.05, 0.1) is 13.2 Å². The van der Waals surface area contributed by atoms with Crippen LogP contribution in [0.1, 0.15) is 55.7 Å². The number of carbonyl (C=O) groups is 2. The Bertz CT molecular complexity index is 1170. The number of imide groups is 1. The molecule has 0 spiro atoms. The van der Waals surface area contributed by atoms with E-state index in [-0.39, 0.29) is 33.6 Å². The monoisotopic (exact) mass is 462 g/mol. The van der Waals surface area contributed by atoms with Crippen LogP contribution in [0, 0.1) is 17.8 Å². The number of phenolic OH excluding ortho intramolecular Hbond substituents is 1. The summed E-state index contributed by atoms with van der Waals surface area (Å²) >= 11 is 1.11. The quantitative estimate of drug-likeness (QED) is 0.641. The normalized spacial score (nSPS) is 35.8. The molecule has 170 valence electrons. The molecule has 4 aliphatic carbocycles. The first-order valence-electron chi connectivity index (χ1n) is 11.9. The summed E-state index contributed by atoms with van der Waals surface area (Å²) in [7, 11) is 1.60. The van der Waals surface area contributed by atoms with Gasteiger partial charge in [-0.25, -0.2) is 0 Å². The molecule has 2 unspecified atom stereocenters. The number of methoxy groups -OCH3 is 1. The molecule has 6 bridgehead atoms. The van der Waals surface area contributed by atoms with Crippen LogP contribution in [0.25, 0.3) is 11.1 Å². The van der Waals surface area contributed by atoms with Gasteiger partial charge in [-0.05, 0) is 103 Å². The number of β-lactam (4-membered cyclic amide) rings is 1. The van der Waals surface area contributed by atoms with Crippen LogP contribution in [0.2, 0.25) is 0 Å². The summed E-state index contributed by atoms with van der Waals surface area (Å²) in [6.45, 7) is 0. The molecule has 2 aromatic rings. The number of fused-ring (bicyclic) bond motifs is 1. The molecular weight excluding hydrogens is 436 g/mol. The number of hydrogen-bond acceptors (Lipinski definition) is 6. The van der Waals surface area contributed by atoms with Gasteiger partial charge in [-0.2, -0.15) is 0 Å². The van der Waals surface area contributed by atoms with Gasteiger partial charge in [0, 0.05) is 23.5 Å². The molecule has 3 saturated heterocycles. The molecule has 3 aliphatic heterocycles. The van der Waals surface area contributed by atoms with Gasteiger partial charge in [0.1, 0.15) is 5.25 Å². The van der Waals surface area contributed by atoms with Crippen molar-refractivity contribution < 1.29 is 19.4 Å². The predicted octanol–water partition coefficient (Wildman–Crippen LogP) is 5.05. The van der Waals surface area contributed by atoms with E-state index < -0.39 is 0 Å². The Labute approximate surface area is 196 Å². The van der Waals surface area contributed by atoms with E-state index in [0.29, 0.717) is 5.75 Å². The Morgan fingerprint density at radius 2 is 1.82 bits per heavy atom. The summed E-state index contributed by atoms with van der Waals surface area (Å²) in [6, 6.07) is 5.70. The zero-order chi connectivity index (χ0) is 22.5. The molecule has 1 aromatic heterocycles. The smallest absolute Gasteiger partial charge is 0.289 e. The van der Waals surface area contributed by atoms with Crippen molar-refractivity contribution in [3.63, 3.8) is 0 Å². The largest absolute Gasteiger partial charge is 0.504 e. The number of phenols is 1. The highest BCUT2D eigenvalue weighted by atomic mass is 32.2. The van der Waals surface area contributed by atoms with E-state index >= 15 is 0 Å². The van der Waals surface area contributed by atoms with E-state index in [9.17, 15) is 14.7 Å². The number of benzene rings is 1. The fourth-order valence-corrected chi connectivity index (χ4v) is 9.06. The van der Waals surface area contributed by atoms with E-state index in [1.807, 2.05) is 12.1 Å². The number of aromatic hydroxyl groups is 1. The van der Waals surface area contributed by atoms with Crippen LogP contribution in [-0.2, 0) is 10.2 Å². The summed E-state index contributed by atoms with van der Waals surface area (Å²) in [5.41, 5.74) is 3.79. The number of carbonyl (C=O) groups excluding carboxylic acids is 2. The van der Waals surface area contributed by atoms with Crippen molar-refractivity contribution in [3.05, 3.63) is 41.7 Å². The lowest BCUT2D eigenvalue weighted by Crippen LogP contribution is -2.50. The molecule has 2 atom stereocenters. The Kier molecular flexibility index (Phi) is 4.07. The van der Waals surface area contributed by atoms with Crippen molar-refractivity contribution in [1.29, 1.82) is 0 Å². The second-order valence-electron chi connectivity index (χ2n) is 10.7. The molecule has 33 heavy (non-hydrogen) atoms. The highest BCUT2D eigenvalue weighted by Gasteiger charge is 2.60. The molecule has 9 rings (SSSR count). The summed E-state index contributed by atoms with van der Waals surface area (Å²) in [5, 5.41) is 10.7. The van der Waals surface area contributed by atoms with Crippen molar-refractivity contribution in [2.75, 3.05) is 7.11 Å². The summed E-state index contributed by atoms with van der Waals surface area (Å²) in [5.74, 6) is 2.92. The molecular formula is C26H26N2O4S. The average molecular weight is 463 g/mol. The second kappa shape index (κ2) is 6.75. The number of pyridine rings is 1. The molecule has 4 saturated carbocycles. The lowest BCUT2D eigenvalue weighted by molar-refractivity contribution is -0.137. The van der Waals surface area contributed by atoms with Gasteiger partial charge in [0.15, 0.2) is 11.5 Å². The lowest BCUT2D eigenvalue weighted by Gasteiger charge is -2.57. The molecule has 7 heteroatoms. The summed E-state index contributed by atoms with van der Waals surface area (Å²) < 4.78 is 5.65. The van der Waals surface area contributed by atoms with Crippen molar-refractivity contribution >= 4 is 22.9 Å². The summed E-state index contributed by atoms with van der Waals surface area (Å²) in [6.07, 6.45) is 10.9. The number of hydrogen-bond donors (Lipinski definition) is 1. The van der Waals surface area contributed by atoms with Crippen LogP contribution in [0.15, 0.2) is 30.6 Å². The molecule has 7 aliphatic rings. The SMILES string of the molecule is COc1cc(-c2ccncc2C2C3SC(=O)N2C3=O)cc(C23CC4CC(CC(C4)C2)C3)c1O. The third kappa shape index (κ3) is 2.66. The molecule has 0 radical (unpaired) electrons. The minimum absolute atomic E-state index is 0.0100. The Hall–Kier alpha value is -2.54. The first-order chi connectivity index (χ1) is 16.0. The zero-order valence-corrected chi connectivity index (χ0v) is 19.3. The van der Waals surface area contributed by atoms with E-state index in [4.69, 9.17) is 4.74 Å². The Morgan fingerprint density at radius 1 is 1.12 bits per heavy atom. The van der Waals surface area contributed by atoms with E-state index in [0.717, 1.165) is 71.0 Å². The van der Waals surface area contributed by atoms with E-state index in [2.05, 4.69) is 11.1 Å². The third-order valence-electron chi connectivity index (χ3n) is 8.86. The minimum Gasteiger partial charge on any atom is -0.504 e. The van der Waals surface area contributed by atoms with E-state index in [1.54, 1.807) is 19.5 Å². The van der Waals surface area contributed by atoms with Gasteiger partial charge in [-0.15, -0.1) is 0 Å². The lowest BCUT2D eigenvalue weighted by atomic mass is 9.48. The highest BCUT2D eigenvalue weighted by Crippen LogP contribution is 2.63. The Balaban J connectivity index is 1.36. The topological polar surface area (TPSA) is 79.7 Å². The number of thioether (sulfide) groups is 1. The minimum atomic E-state index is -0.359. The molecule has 2 amide bonds. The van der Waals surface area contributed by atoms with Gasteiger partial charge < -0.3 is 9.84 Å². The van der Waals surface area contributed by atoms with Crippen LogP contribution in [0.4, 0.5) is 4.79 Å². The van der Waals surface area contributed by atoms with Crippen LogP contribution < -0.4 is 4.74 Å². The van der Waals surface area contributed by atoms with Gasteiger partial charge in [0.25, 0.3) is 5.24 Å². The van der Waals surface area contributed by atoms with Crippen LogP contribution in [-0.4, -0.2) is 38.5 Å². The fraction of sp³-hybridized carbons (Fsp3) is 0.500. The molecule has 1 N–H and O–H groups in total. The number of aromatic nitrogens is 1. The maximum atomic E-state index is 12.2. The first kappa shape index (κ1) is 19.9. The molecule has 6 nitrogen and oxygen atoms in total. The van der Waals surface area contributed by atoms with Crippen LogP contribution >= 0.6 is 11.8 Å². The standard InChI is InChI=1S/C26H26N2O4S/c1-32-20-8-16(17-2-3-27-12-18(17)21-23-24(30)28(21)25(31)33-23)7-19(22(20)29)26-9-13-4-14(10-26)6-15(5-13)11-26/h2-3,7-8,12-15,21,23,29H,4-6,9-11H2,1H3. The van der Waals surface area contributed by atoms with Crippen molar-refractivity contribution in [1.82, 2.24) is 9.88 Å². The second-order valence-corrected chi connectivity index (χ2v) is 11.8. The number of ether oxygens (including phenoxy) is 1. The van der Waals surface area contributed by atoms with Crippen molar-refractivity contribution in [2.45, 2.75) is 55.2 Å². The number of rotatable bonds is 4. The third-order valence-corrected chi connectivity index (χ3v) is 9.97. The fourth-order valence-electron chi connectivity index (χ4n) is 7.92. The van der Waals surface area contributed by atoms with Gasteiger partial charge >= 0.3 is 0 Å². The van der Waals surface area contributed by atoms with Crippen LogP contribution in [0.3, 0.4) is 0 Å². The van der Waals surface area contributed by atoms with Crippen molar-refractivity contribution in [2.24, 2.45) is 17.8 Å². The van der Waals surface area contributed by atoms with Gasteiger partial charge in [-0.3, -0.25) is 19.5 Å². The number of amides is 2. The van der Waals surface area contributed by atoms with Gasteiger partial charge in [0.2, 0.25) is 5.91 Å². The molecule has 1 aromatic carbocycles. The molecule has 7 fully saturated rings. The van der Waals surface area contributed by atoms with Gasteiger partial charge in [-0.1, -0.05) is 0 Å². The maximum absolute atomic E-state index is 12.2. The van der Waals surface area contributed by atoms with E-state index in [1.165, 1.54) is 24.2 Å². The average Bonchev–Trinajstić information content (AvgIpc) is 3.30. The highest BCUT2D eigenvalue weighted by molar-refractivity contribution is 8.15. The predicted molar refractivity (Wildman–Crippen MR) is 124 cm³/mol.